The number of nitrogens with two attached hydrogens (primary N) is 1. The fraction of sp³-hybridized carbons (Fsp3) is 0.364. The lowest BCUT2D eigenvalue weighted by atomic mass is 9.79. The third-order valence-electron chi connectivity index (χ3n) is 2.74. The van der Waals surface area contributed by atoms with Gasteiger partial charge in [-0.15, -0.1) is 0 Å². The van der Waals surface area contributed by atoms with Crippen molar-refractivity contribution in [3.05, 3.63) is 22.5 Å². The fourth-order valence-electron chi connectivity index (χ4n) is 1.67. The van der Waals surface area contributed by atoms with Crippen molar-refractivity contribution in [1.82, 2.24) is 0 Å². The van der Waals surface area contributed by atoms with Crippen LogP contribution in [0, 0.1) is 17.1 Å². The Morgan fingerprint density at radius 3 is 3.11 bits per heavy atom. The van der Waals surface area contributed by atoms with Crippen LogP contribution in [0.4, 0.5) is 4.39 Å². The van der Waals surface area contributed by atoms with Crippen molar-refractivity contribution in [2.45, 2.75) is 19.1 Å². The van der Waals surface area contributed by atoms with Gasteiger partial charge in [0, 0.05) is 17.1 Å². The van der Waals surface area contributed by atoms with Gasteiger partial charge in [-0.1, -0.05) is 11.6 Å². The Morgan fingerprint density at radius 1 is 1.79 bits per heavy atom. The monoisotopic (exact) mass is 284 g/mol. The number of nitrogens with zero attached hydrogens (tertiary/aromatic N) is 1. The Kier molecular flexibility index (Phi) is 3.70. The quantitative estimate of drug-likeness (QED) is 0.780. The second-order valence-electron chi connectivity index (χ2n) is 4.54. The normalized spacial score (nSPS) is 16.7. The van der Waals surface area contributed by atoms with E-state index < -0.39 is 18.5 Å². The van der Waals surface area contributed by atoms with Crippen molar-refractivity contribution in [3.63, 3.8) is 0 Å². The van der Waals surface area contributed by atoms with Gasteiger partial charge in [0.05, 0.1) is 17.7 Å². The molecule has 0 aromatic heterocycles. The molecule has 1 heterocycles. The molecule has 1 aliphatic rings. The van der Waals surface area contributed by atoms with Gasteiger partial charge in [0.1, 0.15) is 23.7 Å². The molecule has 1 aromatic rings. The van der Waals surface area contributed by atoms with E-state index in [1.54, 1.807) is 0 Å². The summed E-state index contributed by atoms with van der Waals surface area (Å²) in [6.07, 6.45) is 0. The standard InChI is InChI=1S/C11H11BClFN2O3/c1-11(16,4-15)5-18-8-2-7(14)6-3-19-12(17)9(6)10(8)13/h2,17H,3,5,16H2,1H3/t11-/m1/s1. The molecule has 0 amide bonds. The van der Waals surface area contributed by atoms with Crippen molar-refractivity contribution in [3.8, 4) is 11.8 Å². The SMILES string of the molecule is C[C@@](N)(C#N)COc1cc(F)c2c(c1Cl)B(O)OC2. The third kappa shape index (κ3) is 2.67. The van der Waals surface area contributed by atoms with Crippen molar-refractivity contribution in [2.24, 2.45) is 5.73 Å². The van der Waals surface area contributed by atoms with Crippen LogP contribution < -0.4 is 15.9 Å². The number of fused-ring (bicyclic) bond motifs is 1. The van der Waals surface area contributed by atoms with Gasteiger partial charge in [0.25, 0.3) is 0 Å². The summed E-state index contributed by atoms with van der Waals surface area (Å²) in [4.78, 5) is 0. The van der Waals surface area contributed by atoms with E-state index in [1.165, 1.54) is 6.92 Å². The first kappa shape index (κ1) is 14.1. The summed E-state index contributed by atoms with van der Waals surface area (Å²) in [5.74, 6) is -0.559. The number of nitriles is 1. The van der Waals surface area contributed by atoms with E-state index in [0.29, 0.717) is 0 Å². The van der Waals surface area contributed by atoms with Crippen LogP contribution in [0.1, 0.15) is 12.5 Å². The molecule has 5 nitrogen and oxygen atoms in total. The van der Waals surface area contributed by atoms with Gasteiger partial charge in [-0.3, -0.25) is 0 Å². The van der Waals surface area contributed by atoms with Crippen LogP contribution in [0.2, 0.25) is 5.02 Å². The van der Waals surface area contributed by atoms with E-state index in [-0.39, 0.29) is 35.0 Å². The summed E-state index contributed by atoms with van der Waals surface area (Å²) in [5.41, 5.74) is 4.75. The molecule has 100 valence electrons. The topological polar surface area (TPSA) is 88.5 Å². The molecular formula is C11H11BClFN2O3. The summed E-state index contributed by atoms with van der Waals surface area (Å²) >= 11 is 6.04. The van der Waals surface area contributed by atoms with Crippen LogP contribution in [0.15, 0.2) is 6.07 Å². The molecule has 0 radical (unpaired) electrons. The maximum Gasteiger partial charge on any atom is 0.493 e. The summed E-state index contributed by atoms with van der Waals surface area (Å²) in [7, 11) is -1.28. The van der Waals surface area contributed by atoms with Crippen molar-refractivity contribution in [2.75, 3.05) is 6.61 Å². The van der Waals surface area contributed by atoms with Gasteiger partial charge in [-0.05, 0) is 6.92 Å². The highest BCUT2D eigenvalue weighted by atomic mass is 35.5. The molecule has 1 atom stereocenters. The van der Waals surface area contributed by atoms with E-state index in [9.17, 15) is 9.41 Å². The van der Waals surface area contributed by atoms with Crippen molar-refractivity contribution < 1.29 is 18.8 Å². The maximum absolute atomic E-state index is 13.8. The summed E-state index contributed by atoms with van der Waals surface area (Å²) in [5, 5.41) is 18.4. The molecule has 0 fully saturated rings. The van der Waals surface area contributed by atoms with E-state index in [2.05, 4.69) is 0 Å². The molecule has 0 unspecified atom stereocenters. The number of ether oxygens (including phenoxy) is 1. The lowest BCUT2D eigenvalue weighted by Crippen LogP contribution is -2.41. The first-order valence-electron chi connectivity index (χ1n) is 5.49. The van der Waals surface area contributed by atoms with E-state index in [1.807, 2.05) is 6.07 Å². The first-order valence-corrected chi connectivity index (χ1v) is 5.87. The second kappa shape index (κ2) is 4.98. The number of rotatable bonds is 3. The van der Waals surface area contributed by atoms with E-state index in [4.69, 9.17) is 32.0 Å². The van der Waals surface area contributed by atoms with E-state index >= 15 is 0 Å². The molecular weight excluding hydrogens is 273 g/mol. The van der Waals surface area contributed by atoms with Crippen LogP contribution in [0.25, 0.3) is 0 Å². The minimum absolute atomic E-state index is 0.0226. The van der Waals surface area contributed by atoms with Crippen LogP contribution in [-0.2, 0) is 11.3 Å². The average Bonchev–Trinajstić information content (AvgIpc) is 2.75. The zero-order chi connectivity index (χ0) is 14.2. The average molecular weight is 284 g/mol. The highest BCUT2D eigenvalue weighted by Crippen LogP contribution is 2.29. The number of hydrogen-bond acceptors (Lipinski definition) is 5. The minimum Gasteiger partial charge on any atom is -0.489 e. The Morgan fingerprint density at radius 2 is 2.47 bits per heavy atom. The molecule has 2 rings (SSSR count). The maximum atomic E-state index is 13.8. The van der Waals surface area contributed by atoms with Gasteiger partial charge >= 0.3 is 7.12 Å². The molecule has 3 N–H and O–H groups in total. The molecule has 0 aliphatic carbocycles. The Hall–Kier alpha value is -1.33. The first-order chi connectivity index (χ1) is 8.85. The second-order valence-corrected chi connectivity index (χ2v) is 4.92. The van der Waals surface area contributed by atoms with Crippen LogP contribution >= 0.6 is 11.6 Å². The molecule has 0 spiro atoms. The lowest BCUT2D eigenvalue weighted by Gasteiger charge is -2.18. The lowest BCUT2D eigenvalue weighted by molar-refractivity contribution is 0.263. The fourth-order valence-corrected chi connectivity index (χ4v) is 1.99. The van der Waals surface area contributed by atoms with Crippen molar-refractivity contribution in [1.29, 1.82) is 5.26 Å². The Balaban J connectivity index is 2.31. The van der Waals surface area contributed by atoms with Crippen LogP contribution in [0.5, 0.6) is 5.75 Å². The van der Waals surface area contributed by atoms with E-state index in [0.717, 1.165) is 6.07 Å². The van der Waals surface area contributed by atoms with Gasteiger partial charge in [0.15, 0.2) is 0 Å². The Labute approximate surface area is 114 Å². The number of halogens is 2. The number of hydrogen-bond donors (Lipinski definition) is 2. The summed E-state index contributed by atoms with van der Waals surface area (Å²) in [6, 6.07) is 2.94. The molecule has 1 aromatic carbocycles. The molecule has 19 heavy (non-hydrogen) atoms. The molecule has 0 saturated heterocycles. The predicted octanol–water partition coefficient (Wildman–Crippen LogP) is 0.317. The molecule has 0 bridgehead atoms. The van der Waals surface area contributed by atoms with Crippen LogP contribution in [0.3, 0.4) is 0 Å². The Bertz CT molecular complexity index is 562. The summed E-state index contributed by atoms with van der Waals surface area (Å²) < 4.78 is 23.9. The predicted molar refractivity (Wildman–Crippen MR) is 67.5 cm³/mol. The zero-order valence-corrected chi connectivity index (χ0v) is 10.9. The highest BCUT2D eigenvalue weighted by Gasteiger charge is 2.34. The summed E-state index contributed by atoms with van der Waals surface area (Å²) in [6.45, 7) is 1.27. The van der Waals surface area contributed by atoms with Gasteiger partial charge in [-0.25, -0.2) is 4.39 Å². The third-order valence-corrected chi connectivity index (χ3v) is 3.13. The number of benzene rings is 1. The van der Waals surface area contributed by atoms with Gasteiger partial charge < -0.3 is 20.1 Å². The zero-order valence-electron chi connectivity index (χ0n) is 10.1. The largest absolute Gasteiger partial charge is 0.493 e. The molecule has 0 saturated carbocycles. The minimum atomic E-state index is -1.28. The van der Waals surface area contributed by atoms with Crippen molar-refractivity contribution >= 4 is 24.2 Å². The van der Waals surface area contributed by atoms with Gasteiger partial charge in [0.2, 0.25) is 0 Å². The van der Waals surface area contributed by atoms with Crippen LogP contribution in [-0.4, -0.2) is 24.3 Å². The molecule has 8 heteroatoms. The van der Waals surface area contributed by atoms with Gasteiger partial charge in [-0.2, -0.15) is 5.26 Å². The molecule has 1 aliphatic heterocycles. The smallest absolute Gasteiger partial charge is 0.489 e. The highest BCUT2D eigenvalue weighted by molar-refractivity contribution is 6.65.